The Hall–Kier alpha value is -0.190. The first-order valence-electron chi connectivity index (χ1n) is 13.1. The lowest BCUT2D eigenvalue weighted by molar-refractivity contribution is -0.0279. The SMILES string of the molecule is CC(C)CC1(CN2CCC3(CC2)CCC(F)(CN2CCN(C(C)C)CC2)CC3)CC1. The lowest BCUT2D eigenvalue weighted by Crippen LogP contribution is -2.54. The second-order valence-electron chi connectivity index (χ2n) is 12.4. The summed E-state index contributed by atoms with van der Waals surface area (Å²) < 4.78 is 15.7. The summed E-state index contributed by atoms with van der Waals surface area (Å²) in [5.74, 6) is 0.827. The quantitative estimate of drug-likeness (QED) is 0.559. The second-order valence-corrected chi connectivity index (χ2v) is 12.4. The Morgan fingerprint density at radius 1 is 0.667 bits per heavy atom. The molecule has 0 bridgehead atoms. The van der Waals surface area contributed by atoms with Crippen LogP contribution in [0.4, 0.5) is 4.39 Å². The molecule has 0 radical (unpaired) electrons. The standard InChI is InChI=1S/C26H48FN3/c1-22(2)19-25(5-6-25)20-28-13-11-24(12-14-28)7-9-26(27,10-8-24)21-29-15-17-30(18-16-29)23(3)4/h22-23H,5-21H2,1-4H3. The Balaban J connectivity index is 1.20. The van der Waals surface area contributed by atoms with Crippen molar-refractivity contribution in [3.05, 3.63) is 0 Å². The van der Waals surface area contributed by atoms with E-state index in [2.05, 4.69) is 42.4 Å². The van der Waals surface area contributed by atoms with E-state index in [1.165, 1.54) is 51.7 Å². The molecule has 3 nitrogen and oxygen atoms in total. The van der Waals surface area contributed by atoms with Crippen LogP contribution in [-0.2, 0) is 0 Å². The van der Waals surface area contributed by atoms with Crippen molar-refractivity contribution >= 4 is 0 Å². The Morgan fingerprint density at radius 2 is 1.23 bits per heavy atom. The molecule has 2 saturated carbocycles. The van der Waals surface area contributed by atoms with Crippen LogP contribution >= 0.6 is 0 Å². The Kier molecular flexibility index (Phi) is 6.88. The van der Waals surface area contributed by atoms with Gasteiger partial charge < -0.3 is 4.90 Å². The molecular weight excluding hydrogens is 373 g/mol. The molecule has 4 heteroatoms. The van der Waals surface area contributed by atoms with Gasteiger partial charge in [-0.25, -0.2) is 4.39 Å². The first kappa shape index (κ1) is 23.0. The largest absolute Gasteiger partial charge is 0.303 e. The predicted octanol–water partition coefficient (Wildman–Crippen LogP) is 5.20. The van der Waals surface area contributed by atoms with Crippen LogP contribution in [0.5, 0.6) is 0 Å². The predicted molar refractivity (Wildman–Crippen MR) is 125 cm³/mol. The third-order valence-electron chi connectivity index (χ3n) is 9.13. The summed E-state index contributed by atoms with van der Waals surface area (Å²) in [5.41, 5.74) is 0.174. The maximum Gasteiger partial charge on any atom is 0.123 e. The van der Waals surface area contributed by atoms with Crippen molar-refractivity contribution in [3.63, 3.8) is 0 Å². The summed E-state index contributed by atoms with van der Waals surface area (Å²) in [6.07, 6.45) is 10.8. The molecule has 0 atom stereocenters. The number of hydrogen-bond donors (Lipinski definition) is 0. The molecule has 0 aromatic heterocycles. The van der Waals surface area contributed by atoms with E-state index >= 15 is 4.39 Å². The smallest absolute Gasteiger partial charge is 0.123 e. The van der Waals surface area contributed by atoms with Gasteiger partial charge in [0.15, 0.2) is 0 Å². The van der Waals surface area contributed by atoms with Crippen molar-refractivity contribution < 1.29 is 4.39 Å². The maximum atomic E-state index is 15.7. The Bertz CT molecular complexity index is 545. The van der Waals surface area contributed by atoms with Gasteiger partial charge >= 0.3 is 0 Å². The molecule has 4 rings (SSSR count). The molecule has 0 aromatic rings. The molecule has 30 heavy (non-hydrogen) atoms. The van der Waals surface area contributed by atoms with Gasteiger partial charge in [0.1, 0.15) is 5.67 Å². The maximum absolute atomic E-state index is 15.7. The van der Waals surface area contributed by atoms with Gasteiger partial charge in [-0.15, -0.1) is 0 Å². The Morgan fingerprint density at radius 3 is 1.73 bits per heavy atom. The molecule has 4 fully saturated rings. The van der Waals surface area contributed by atoms with E-state index in [4.69, 9.17) is 0 Å². The number of likely N-dealkylation sites (tertiary alicyclic amines) is 1. The molecule has 0 N–H and O–H groups in total. The highest BCUT2D eigenvalue weighted by Gasteiger charge is 2.48. The first-order valence-corrected chi connectivity index (χ1v) is 13.1. The van der Waals surface area contributed by atoms with Crippen LogP contribution in [0.15, 0.2) is 0 Å². The zero-order chi connectivity index (χ0) is 21.4. The normalized spacial score (nSPS) is 29.7. The number of hydrogen-bond acceptors (Lipinski definition) is 3. The van der Waals surface area contributed by atoms with Gasteiger partial charge in [0.05, 0.1) is 0 Å². The van der Waals surface area contributed by atoms with Crippen LogP contribution in [0.3, 0.4) is 0 Å². The van der Waals surface area contributed by atoms with E-state index in [9.17, 15) is 0 Å². The third-order valence-corrected chi connectivity index (χ3v) is 9.13. The van der Waals surface area contributed by atoms with Gasteiger partial charge in [-0.3, -0.25) is 9.80 Å². The molecule has 0 unspecified atom stereocenters. The molecule has 0 amide bonds. The molecule has 2 aliphatic heterocycles. The van der Waals surface area contributed by atoms with Crippen molar-refractivity contribution in [2.75, 3.05) is 52.4 Å². The molecule has 2 aliphatic carbocycles. The summed E-state index contributed by atoms with van der Waals surface area (Å²) in [4.78, 5) is 7.69. The van der Waals surface area contributed by atoms with Crippen molar-refractivity contribution in [1.29, 1.82) is 0 Å². The third kappa shape index (κ3) is 5.59. The van der Waals surface area contributed by atoms with Crippen molar-refractivity contribution in [2.45, 2.75) is 97.2 Å². The van der Waals surface area contributed by atoms with Gasteiger partial charge in [-0.1, -0.05) is 13.8 Å². The first-order chi connectivity index (χ1) is 14.2. The average Bonchev–Trinajstić information content (AvgIpc) is 3.45. The van der Waals surface area contributed by atoms with Crippen LogP contribution in [-0.4, -0.2) is 78.8 Å². The highest BCUT2D eigenvalue weighted by Crippen LogP contribution is 2.53. The average molecular weight is 422 g/mol. The van der Waals surface area contributed by atoms with E-state index in [-0.39, 0.29) is 0 Å². The van der Waals surface area contributed by atoms with Crippen LogP contribution in [0.2, 0.25) is 0 Å². The van der Waals surface area contributed by atoms with Crippen molar-refractivity contribution in [1.82, 2.24) is 14.7 Å². The fourth-order valence-corrected chi connectivity index (χ4v) is 6.85. The van der Waals surface area contributed by atoms with Crippen molar-refractivity contribution in [3.8, 4) is 0 Å². The molecule has 174 valence electrons. The lowest BCUT2D eigenvalue weighted by Gasteiger charge is -2.49. The van der Waals surface area contributed by atoms with E-state index in [0.29, 0.717) is 23.4 Å². The van der Waals surface area contributed by atoms with Gasteiger partial charge in [0, 0.05) is 45.3 Å². The summed E-state index contributed by atoms with van der Waals surface area (Å²) in [6, 6.07) is 0.618. The van der Waals surface area contributed by atoms with Crippen LogP contribution < -0.4 is 0 Å². The topological polar surface area (TPSA) is 9.72 Å². The summed E-state index contributed by atoms with van der Waals surface area (Å²) in [5, 5.41) is 0. The van der Waals surface area contributed by atoms with Gasteiger partial charge in [0.2, 0.25) is 0 Å². The number of alkyl halides is 1. The minimum Gasteiger partial charge on any atom is -0.303 e. The monoisotopic (exact) mass is 421 g/mol. The van der Waals surface area contributed by atoms with Gasteiger partial charge in [-0.05, 0) is 101 Å². The van der Waals surface area contributed by atoms with E-state index < -0.39 is 5.67 Å². The van der Waals surface area contributed by atoms with Crippen LogP contribution in [0.25, 0.3) is 0 Å². The summed E-state index contributed by atoms with van der Waals surface area (Å²) >= 11 is 0. The number of piperidine rings is 1. The Labute approximate surface area is 185 Å². The summed E-state index contributed by atoms with van der Waals surface area (Å²) in [6.45, 7) is 18.1. The molecule has 1 spiro atoms. The zero-order valence-electron chi connectivity index (χ0n) is 20.4. The van der Waals surface area contributed by atoms with E-state index in [0.717, 1.165) is 57.8 Å². The van der Waals surface area contributed by atoms with Crippen LogP contribution in [0.1, 0.15) is 85.5 Å². The van der Waals surface area contributed by atoms with Crippen molar-refractivity contribution in [2.24, 2.45) is 16.7 Å². The zero-order valence-corrected chi connectivity index (χ0v) is 20.4. The number of rotatable bonds is 7. The molecule has 2 heterocycles. The molecule has 4 aliphatic rings. The number of halogens is 1. The lowest BCUT2D eigenvalue weighted by atomic mass is 9.64. The fourth-order valence-electron chi connectivity index (χ4n) is 6.85. The highest BCUT2D eigenvalue weighted by atomic mass is 19.1. The molecular formula is C26H48FN3. The number of nitrogens with zero attached hydrogens (tertiary/aromatic N) is 3. The molecule has 0 aromatic carbocycles. The highest BCUT2D eigenvalue weighted by molar-refractivity contribution is 5.00. The minimum absolute atomic E-state index is 0.456. The number of piperazine rings is 1. The molecule has 2 saturated heterocycles. The van der Waals surface area contributed by atoms with E-state index in [1.807, 2.05) is 0 Å². The van der Waals surface area contributed by atoms with E-state index in [1.54, 1.807) is 0 Å². The van der Waals surface area contributed by atoms with Crippen LogP contribution in [0, 0.1) is 16.7 Å². The summed E-state index contributed by atoms with van der Waals surface area (Å²) in [7, 11) is 0. The fraction of sp³-hybridized carbons (Fsp3) is 1.00. The minimum atomic E-state index is -0.933. The second kappa shape index (κ2) is 8.98. The van der Waals surface area contributed by atoms with Gasteiger partial charge in [0.25, 0.3) is 0 Å². The van der Waals surface area contributed by atoms with Gasteiger partial charge in [-0.2, -0.15) is 0 Å².